The summed E-state index contributed by atoms with van der Waals surface area (Å²) >= 11 is 0. The van der Waals surface area contributed by atoms with Crippen molar-refractivity contribution in [3.8, 4) is 28.7 Å². The summed E-state index contributed by atoms with van der Waals surface area (Å²) in [6, 6.07) is 6.37. The van der Waals surface area contributed by atoms with E-state index in [-0.39, 0.29) is 44.6 Å². The number of hydrogen-bond donors (Lipinski definition) is 2. The molecule has 28 heavy (non-hydrogen) atoms. The molecule has 7 nitrogen and oxygen atoms in total. The molecule has 0 bridgehead atoms. The second kappa shape index (κ2) is 6.23. The molecule has 0 radical (unpaired) electrons. The molecule has 4 aromatic rings. The standard InChI is InChI=1S/C21H18O7/c1-9-5-10(25-2)8-14-15(9)19(23)17-20(24)16-12(18(22)21(17)28-14)6-11(26-3)7-13(16)27-4/h5-8,22,24H,1-4H3. The van der Waals surface area contributed by atoms with Crippen molar-refractivity contribution in [2.75, 3.05) is 21.3 Å². The number of phenolic OH excluding ortho intramolecular Hbond substituents is 2. The molecule has 4 rings (SSSR count). The van der Waals surface area contributed by atoms with Gasteiger partial charge >= 0.3 is 0 Å². The molecule has 7 heteroatoms. The topological polar surface area (TPSA) is 98.4 Å². The van der Waals surface area contributed by atoms with Gasteiger partial charge in [0, 0.05) is 17.5 Å². The Kier molecular flexibility index (Phi) is 3.96. The van der Waals surface area contributed by atoms with E-state index in [9.17, 15) is 15.0 Å². The van der Waals surface area contributed by atoms with Crippen LogP contribution in [-0.2, 0) is 0 Å². The van der Waals surface area contributed by atoms with Crippen LogP contribution in [0.3, 0.4) is 0 Å². The Labute approximate surface area is 159 Å². The molecule has 0 unspecified atom stereocenters. The predicted octanol–water partition coefficient (Wildman–Crippen LogP) is 3.84. The summed E-state index contributed by atoms with van der Waals surface area (Å²) < 4.78 is 21.6. The van der Waals surface area contributed by atoms with E-state index in [0.717, 1.165) is 0 Å². The lowest BCUT2D eigenvalue weighted by molar-refractivity contribution is 0.395. The van der Waals surface area contributed by atoms with Gasteiger partial charge in [-0.2, -0.15) is 0 Å². The summed E-state index contributed by atoms with van der Waals surface area (Å²) in [4.78, 5) is 13.2. The summed E-state index contributed by atoms with van der Waals surface area (Å²) in [6.45, 7) is 1.75. The van der Waals surface area contributed by atoms with Crippen molar-refractivity contribution in [3.05, 3.63) is 40.1 Å². The van der Waals surface area contributed by atoms with Crippen molar-refractivity contribution < 1.29 is 28.8 Å². The average molecular weight is 382 g/mol. The van der Waals surface area contributed by atoms with Crippen LogP contribution in [0.2, 0.25) is 0 Å². The van der Waals surface area contributed by atoms with E-state index in [0.29, 0.717) is 22.4 Å². The SMILES string of the molecule is COc1cc(C)c2c(=O)c3c(O)c4c(OC)cc(OC)cc4c(O)c3oc2c1. The highest BCUT2D eigenvalue weighted by Gasteiger charge is 2.24. The number of benzene rings is 3. The quantitative estimate of drug-likeness (QED) is 0.410. The van der Waals surface area contributed by atoms with Crippen LogP contribution in [0.4, 0.5) is 0 Å². The predicted molar refractivity (Wildman–Crippen MR) is 105 cm³/mol. The fourth-order valence-electron chi connectivity index (χ4n) is 3.53. The van der Waals surface area contributed by atoms with E-state index in [2.05, 4.69) is 0 Å². The van der Waals surface area contributed by atoms with E-state index in [1.165, 1.54) is 27.4 Å². The average Bonchev–Trinajstić information content (AvgIpc) is 2.70. The van der Waals surface area contributed by atoms with Gasteiger partial charge in [-0.15, -0.1) is 0 Å². The van der Waals surface area contributed by atoms with Crippen molar-refractivity contribution in [1.82, 2.24) is 0 Å². The summed E-state index contributed by atoms with van der Waals surface area (Å²) in [5.74, 6) is 0.571. The zero-order valence-electron chi connectivity index (χ0n) is 15.7. The minimum atomic E-state index is -0.455. The van der Waals surface area contributed by atoms with Crippen LogP contribution in [0, 0.1) is 6.92 Å². The number of ether oxygens (including phenoxy) is 3. The minimum Gasteiger partial charge on any atom is -0.506 e. The smallest absolute Gasteiger partial charge is 0.204 e. The lowest BCUT2D eigenvalue weighted by atomic mass is 10.0. The van der Waals surface area contributed by atoms with Crippen molar-refractivity contribution in [3.63, 3.8) is 0 Å². The van der Waals surface area contributed by atoms with Gasteiger partial charge in [0.1, 0.15) is 34.0 Å². The first-order valence-electron chi connectivity index (χ1n) is 8.46. The van der Waals surface area contributed by atoms with Crippen molar-refractivity contribution in [2.45, 2.75) is 6.92 Å². The van der Waals surface area contributed by atoms with Crippen molar-refractivity contribution >= 4 is 32.7 Å². The Balaban J connectivity index is 2.29. The normalized spacial score (nSPS) is 11.3. The first-order valence-corrected chi connectivity index (χ1v) is 8.46. The van der Waals surface area contributed by atoms with Gasteiger partial charge in [0.15, 0.2) is 11.3 Å². The van der Waals surface area contributed by atoms with Crippen LogP contribution in [0.25, 0.3) is 32.7 Å². The van der Waals surface area contributed by atoms with Gasteiger partial charge in [0.2, 0.25) is 5.43 Å². The number of phenols is 2. The van der Waals surface area contributed by atoms with Gasteiger partial charge in [0.25, 0.3) is 0 Å². The molecule has 3 aromatic carbocycles. The van der Waals surface area contributed by atoms with Gasteiger partial charge in [-0.25, -0.2) is 0 Å². The summed E-state index contributed by atoms with van der Waals surface area (Å²) in [5.41, 5.74) is 0.304. The Morgan fingerprint density at radius 3 is 2.14 bits per heavy atom. The maximum Gasteiger partial charge on any atom is 0.204 e. The molecule has 1 aromatic heterocycles. The third-order valence-corrected chi connectivity index (χ3v) is 4.88. The lowest BCUT2D eigenvalue weighted by Crippen LogP contribution is -2.05. The molecule has 0 aliphatic rings. The van der Waals surface area contributed by atoms with E-state index in [4.69, 9.17) is 18.6 Å². The van der Waals surface area contributed by atoms with Crippen LogP contribution >= 0.6 is 0 Å². The molecular weight excluding hydrogens is 364 g/mol. The molecule has 0 saturated carbocycles. The first kappa shape index (κ1) is 17.8. The number of hydrogen-bond acceptors (Lipinski definition) is 7. The highest BCUT2D eigenvalue weighted by atomic mass is 16.5. The molecule has 0 aliphatic heterocycles. The van der Waals surface area contributed by atoms with Gasteiger partial charge in [-0.1, -0.05) is 0 Å². The third-order valence-electron chi connectivity index (χ3n) is 4.88. The van der Waals surface area contributed by atoms with Crippen LogP contribution in [0.15, 0.2) is 33.5 Å². The van der Waals surface area contributed by atoms with Gasteiger partial charge in [-0.3, -0.25) is 4.79 Å². The number of fused-ring (bicyclic) bond motifs is 3. The molecule has 0 aliphatic carbocycles. The molecule has 1 heterocycles. The van der Waals surface area contributed by atoms with Gasteiger partial charge in [0.05, 0.1) is 32.1 Å². The Hall–Kier alpha value is -3.61. The van der Waals surface area contributed by atoms with Crippen molar-refractivity contribution in [1.29, 1.82) is 0 Å². The molecule has 2 N–H and O–H groups in total. The molecular formula is C21H18O7. The second-order valence-electron chi connectivity index (χ2n) is 6.40. The zero-order chi connectivity index (χ0) is 20.2. The molecule has 0 amide bonds. The fourth-order valence-corrected chi connectivity index (χ4v) is 3.53. The second-order valence-corrected chi connectivity index (χ2v) is 6.40. The van der Waals surface area contributed by atoms with Crippen molar-refractivity contribution in [2.24, 2.45) is 0 Å². The maximum absolute atomic E-state index is 13.2. The number of methoxy groups -OCH3 is 3. The summed E-state index contributed by atoms with van der Waals surface area (Å²) in [5, 5.41) is 22.4. The third kappa shape index (κ3) is 2.32. The number of aryl methyl sites for hydroxylation is 1. The van der Waals surface area contributed by atoms with Gasteiger partial charge < -0.3 is 28.8 Å². The Bertz CT molecular complexity index is 1320. The van der Waals surface area contributed by atoms with E-state index >= 15 is 0 Å². The minimum absolute atomic E-state index is 0.116. The van der Waals surface area contributed by atoms with E-state index in [1.807, 2.05) is 0 Å². The first-order chi connectivity index (χ1) is 13.4. The largest absolute Gasteiger partial charge is 0.506 e. The maximum atomic E-state index is 13.2. The van der Waals surface area contributed by atoms with Crippen LogP contribution < -0.4 is 19.6 Å². The summed E-state index contributed by atoms with van der Waals surface area (Å²) in [7, 11) is 4.41. The molecule has 0 fully saturated rings. The molecule has 0 saturated heterocycles. The van der Waals surface area contributed by atoms with E-state index in [1.54, 1.807) is 25.1 Å². The van der Waals surface area contributed by atoms with Gasteiger partial charge in [-0.05, 0) is 24.6 Å². The van der Waals surface area contributed by atoms with Crippen LogP contribution in [0.1, 0.15) is 5.56 Å². The Morgan fingerprint density at radius 1 is 0.821 bits per heavy atom. The zero-order valence-corrected chi connectivity index (χ0v) is 15.7. The van der Waals surface area contributed by atoms with Crippen LogP contribution in [0.5, 0.6) is 28.7 Å². The number of aromatic hydroxyl groups is 2. The van der Waals surface area contributed by atoms with E-state index < -0.39 is 5.43 Å². The number of rotatable bonds is 3. The Morgan fingerprint density at radius 2 is 1.50 bits per heavy atom. The highest BCUT2D eigenvalue weighted by molar-refractivity contribution is 6.13. The monoisotopic (exact) mass is 382 g/mol. The fraction of sp³-hybridized carbons (Fsp3) is 0.190. The molecule has 0 atom stereocenters. The van der Waals surface area contributed by atoms with Crippen LogP contribution in [-0.4, -0.2) is 31.5 Å². The molecule has 144 valence electrons. The lowest BCUT2D eigenvalue weighted by Gasteiger charge is -2.14. The highest BCUT2D eigenvalue weighted by Crippen LogP contribution is 2.46. The summed E-state index contributed by atoms with van der Waals surface area (Å²) in [6.07, 6.45) is 0. The molecule has 0 spiro atoms.